The summed E-state index contributed by atoms with van der Waals surface area (Å²) in [6, 6.07) is 86.6. The Bertz CT molecular complexity index is 4630. The maximum absolute atomic E-state index is 7.39. The lowest BCUT2D eigenvalue weighted by molar-refractivity contribution is 0.465. The summed E-state index contributed by atoms with van der Waals surface area (Å²) in [5.74, 6) is 3.58. The lowest BCUT2D eigenvalue weighted by Gasteiger charge is -2.34. The molecule has 5 heteroatoms. The Kier molecular flexibility index (Phi) is 9.23. The Labute approximate surface area is 451 Å². The number of aromatic nitrogens is 2. The highest BCUT2D eigenvalue weighted by molar-refractivity contribution is 6.98. The van der Waals surface area contributed by atoms with Crippen molar-refractivity contribution in [2.45, 2.75) is 19.3 Å². The molecule has 2 aliphatic heterocycles. The normalized spacial score (nSPS) is 14.2. The fourth-order valence-electron chi connectivity index (χ4n) is 14.0. The Morgan fingerprint density at radius 1 is 0.385 bits per heavy atom. The zero-order valence-corrected chi connectivity index (χ0v) is 42.7. The first kappa shape index (κ1) is 43.4. The summed E-state index contributed by atoms with van der Waals surface area (Å²) in [6.45, 7) is 2.26. The summed E-state index contributed by atoms with van der Waals surface area (Å²) in [7, 11) is 0. The third-order valence-electron chi connectivity index (χ3n) is 17.3. The number of fused-ring (bicyclic) bond motifs is 13. The fraction of sp³-hybridized carbons (Fsp3) is 0.0411. The van der Waals surface area contributed by atoms with Gasteiger partial charge in [0.2, 0.25) is 0 Å². The van der Waals surface area contributed by atoms with Crippen LogP contribution in [-0.4, -0.2) is 15.8 Å². The molecule has 14 aromatic rings. The molecular formula is C73H47BN2O2. The van der Waals surface area contributed by atoms with Gasteiger partial charge in [-0.05, 0) is 138 Å². The van der Waals surface area contributed by atoms with Crippen molar-refractivity contribution in [3.8, 4) is 67.8 Å². The molecule has 1 atom stereocenters. The molecule has 0 N–H and O–H groups in total. The van der Waals surface area contributed by atoms with E-state index in [1.54, 1.807) is 0 Å². The average Bonchev–Trinajstić information content (AvgIpc) is 4.16. The monoisotopic (exact) mass is 994 g/mol. The molecule has 78 heavy (non-hydrogen) atoms. The van der Waals surface area contributed by atoms with E-state index in [4.69, 9.17) is 9.47 Å². The first-order valence-electron chi connectivity index (χ1n) is 27.2. The second-order valence-electron chi connectivity index (χ2n) is 21.4. The van der Waals surface area contributed by atoms with Gasteiger partial charge in [0.15, 0.2) is 0 Å². The predicted molar refractivity (Wildman–Crippen MR) is 326 cm³/mol. The molecule has 0 saturated heterocycles. The van der Waals surface area contributed by atoms with E-state index in [0.29, 0.717) is 0 Å². The van der Waals surface area contributed by atoms with Gasteiger partial charge < -0.3 is 18.6 Å². The van der Waals surface area contributed by atoms with Gasteiger partial charge in [-0.1, -0.05) is 195 Å². The average molecular weight is 995 g/mol. The van der Waals surface area contributed by atoms with Gasteiger partial charge in [0, 0.05) is 50.5 Å². The fourth-order valence-corrected chi connectivity index (χ4v) is 14.0. The SMILES string of the molecule is CC1CC=Cc2c1c(-c1ccc(-c3ccccc3)c3ccccc13)c1ccccc1c2-c1cc2c3c(c1)Oc1cc(-n4c5ccccc5c5ccccc54)ccc1B3c1ccc(-n3c4ccccc4c4ccccc43)cc1O2. The molecule has 0 spiro atoms. The highest BCUT2D eigenvalue weighted by Gasteiger charge is 2.41. The van der Waals surface area contributed by atoms with Gasteiger partial charge in [-0.15, -0.1) is 0 Å². The quantitative estimate of drug-likeness (QED) is 0.161. The van der Waals surface area contributed by atoms with Crippen LogP contribution in [0.5, 0.6) is 23.0 Å². The number of benzene rings is 12. The zero-order valence-electron chi connectivity index (χ0n) is 42.7. The number of ether oxygens (including phenoxy) is 2. The molecule has 364 valence electrons. The molecule has 0 radical (unpaired) electrons. The first-order valence-corrected chi connectivity index (χ1v) is 27.2. The van der Waals surface area contributed by atoms with Crippen molar-refractivity contribution in [3.05, 3.63) is 254 Å². The molecule has 0 bridgehead atoms. The summed E-state index contributed by atoms with van der Waals surface area (Å²) in [5, 5.41) is 9.85. The van der Waals surface area contributed by atoms with Gasteiger partial charge in [0.05, 0.1) is 22.1 Å². The third kappa shape index (κ3) is 6.18. The number of para-hydroxylation sites is 4. The Balaban J connectivity index is 0.903. The van der Waals surface area contributed by atoms with E-state index < -0.39 is 0 Å². The van der Waals surface area contributed by atoms with E-state index in [1.807, 2.05) is 0 Å². The minimum absolute atomic E-state index is 0.143. The molecule has 1 aliphatic carbocycles. The van der Waals surface area contributed by atoms with Crippen molar-refractivity contribution in [2.75, 3.05) is 0 Å². The van der Waals surface area contributed by atoms with Crippen LogP contribution in [0.15, 0.2) is 243 Å². The van der Waals surface area contributed by atoms with Gasteiger partial charge in [0.25, 0.3) is 6.71 Å². The van der Waals surface area contributed by atoms with Crippen molar-refractivity contribution in [1.82, 2.24) is 9.13 Å². The smallest absolute Gasteiger partial charge is 0.260 e. The van der Waals surface area contributed by atoms with Crippen LogP contribution in [0, 0.1) is 0 Å². The van der Waals surface area contributed by atoms with Crippen LogP contribution in [-0.2, 0) is 0 Å². The maximum atomic E-state index is 7.39. The standard InChI is InChI=1S/C73H47BN2O2/c1-44-18-17-29-59-70(44)72(58-37-36-49(45-19-3-2-4-20-45)50-21-5-6-22-51(50)58)57-28-8-7-27-56(57)71(59)46-40-68-73-69(41-46)78-67-43-48(76-64-32-15-11-25-54(64)55-26-12-16-33-65(55)76)35-39-61(67)74(73)60-38-34-47(42-66(60)77-68)75-62-30-13-9-23-52(62)53-24-10-14-31-63(53)75/h2-17,19-44H,18H2,1H3. The highest BCUT2D eigenvalue weighted by Crippen LogP contribution is 2.51. The Morgan fingerprint density at radius 3 is 1.35 bits per heavy atom. The van der Waals surface area contributed by atoms with E-state index in [0.717, 1.165) is 84.8 Å². The number of hydrogen-bond donors (Lipinski definition) is 0. The molecule has 17 rings (SSSR count). The number of hydrogen-bond acceptors (Lipinski definition) is 2. The molecule has 2 aromatic heterocycles. The number of allylic oxidation sites excluding steroid dienone is 1. The van der Waals surface area contributed by atoms with Crippen LogP contribution in [0.4, 0.5) is 0 Å². The van der Waals surface area contributed by atoms with Crippen molar-refractivity contribution >= 4 is 94.3 Å². The van der Waals surface area contributed by atoms with Crippen LogP contribution in [0.25, 0.3) is 116 Å². The van der Waals surface area contributed by atoms with Crippen molar-refractivity contribution in [3.63, 3.8) is 0 Å². The second kappa shape index (κ2) is 16.6. The van der Waals surface area contributed by atoms with Crippen LogP contribution in [0.3, 0.4) is 0 Å². The van der Waals surface area contributed by atoms with Crippen LogP contribution >= 0.6 is 0 Å². The van der Waals surface area contributed by atoms with Crippen LogP contribution in [0.1, 0.15) is 30.4 Å². The van der Waals surface area contributed by atoms with Crippen molar-refractivity contribution in [1.29, 1.82) is 0 Å². The van der Waals surface area contributed by atoms with Gasteiger partial charge in [-0.2, -0.15) is 0 Å². The molecule has 0 fully saturated rings. The Morgan fingerprint density at radius 2 is 0.821 bits per heavy atom. The molecule has 3 aliphatic rings. The minimum atomic E-state index is -0.143. The minimum Gasteiger partial charge on any atom is -0.458 e. The van der Waals surface area contributed by atoms with Gasteiger partial charge in [-0.3, -0.25) is 0 Å². The lowest BCUT2D eigenvalue weighted by Crippen LogP contribution is -2.57. The van der Waals surface area contributed by atoms with Gasteiger partial charge >= 0.3 is 0 Å². The summed E-state index contributed by atoms with van der Waals surface area (Å²) >= 11 is 0. The third-order valence-corrected chi connectivity index (χ3v) is 17.3. The largest absolute Gasteiger partial charge is 0.458 e. The molecule has 1 unspecified atom stereocenters. The van der Waals surface area contributed by atoms with Crippen molar-refractivity contribution in [2.24, 2.45) is 0 Å². The van der Waals surface area contributed by atoms with E-state index in [9.17, 15) is 0 Å². The molecule has 12 aromatic carbocycles. The predicted octanol–water partition coefficient (Wildman–Crippen LogP) is 17.4. The molecule has 4 heterocycles. The topological polar surface area (TPSA) is 28.3 Å². The summed E-state index contributed by atoms with van der Waals surface area (Å²) in [5.41, 5.74) is 19.9. The van der Waals surface area contributed by atoms with E-state index in [-0.39, 0.29) is 12.6 Å². The highest BCUT2D eigenvalue weighted by atomic mass is 16.5. The van der Waals surface area contributed by atoms with E-state index >= 15 is 0 Å². The molecule has 4 nitrogen and oxygen atoms in total. The van der Waals surface area contributed by atoms with Crippen molar-refractivity contribution < 1.29 is 9.47 Å². The summed E-state index contributed by atoms with van der Waals surface area (Å²) in [6.07, 6.45) is 5.71. The number of nitrogens with zero attached hydrogens (tertiary/aromatic N) is 2. The summed E-state index contributed by atoms with van der Waals surface area (Å²) < 4.78 is 19.6. The molecular weight excluding hydrogens is 948 g/mol. The summed E-state index contributed by atoms with van der Waals surface area (Å²) in [4.78, 5) is 0. The number of rotatable bonds is 5. The van der Waals surface area contributed by atoms with Gasteiger partial charge in [-0.25, -0.2) is 0 Å². The second-order valence-corrected chi connectivity index (χ2v) is 21.4. The van der Waals surface area contributed by atoms with Crippen LogP contribution < -0.4 is 25.9 Å². The molecule has 0 saturated carbocycles. The van der Waals surface area contributed by atoms with E-state index in [2.05, 4.69) is 265 Å². The lowest BCUT2D eigenvalue weighted by atomic mass is 9.35. The van der Waals surface area contributed by atoms with Crippen LogP contribution in [0.2, 0.25) is 0 Å². The van der Waals surface area contributed by atoms with E-state index in [1.165, 1.54) is 82.0 Å². The zero-order chi connectivity index (χ0) is 51.2. The molecule has 0 amide bonds. The maximum Gasteiger partial charge on any atom is 0.260 e. The first-order chi connectivity index (χ1) is 38.6. The Hall–Kier alpha value is -9.84. The van der Waals surface area contributed by atoms with Gasteiger partial charge in [0.1, 0.15) is 23.0 Å².